The van der Waals surface area contributed by atoms with Gasteiger partial charge in [-0.3, -0.25) is 0 Å². The molecule has 2 aromatic rings. The Morgan fingerprint density at radius 1 is 0.943 bits per heavy atom. The van der Waals surface area contributed by atoms with Crippen molar-refractivity contribution in [2.75, 3.05) is 35.0 Å². The van der Waals surface area contributed by atoms with Crippen molar-refractivity contribution in [1.29, 1.82) is 0 Å². The standard InChI is InChI=1S/C24H30O11/c1-29-17-10-14(6-7-15(17)26)23(28)33-12-19-21(31-3)22(32-4)20(27)24(35-19)34-16-8-5-13(11-25)9-18(16)30-2/h5-10,19-22,24-27H,11-12H2,1-4H3. The quantitative estimate of drug-likeness (QED) is 0.411. The van der Waals surface area contributed by atoms with Crippen molar-refractivity contribution >= 4 is 5.97 Å². The van der Waals surface area contributed by atoms with Crippen LogP contribution in [-0.4, -0.2) is 87.0 Å². The Hall–Kier alpha value is -3.09. The van der Waals surface area contributed by atoms with E-state index in [4.69, 9.17) is 33.2 Å². The summed E-state index contributed by atoms with van der Waals surface area (Å²) in [5, 5.41) is 29.9. The summed E-state index contributed by atoms with van der Waals surface area (Å²) in [7, 11) is 5.64. The molecule has 192 valence electrons. The normalized spacial score (nSPS) is 24.0. The zero-order valence-electron chi connectivity index (χ0n) is 19.9. The number of aromatic hydroxyl groups is 1. The van der Waals surface area contributed by atoms with Crippen LogP contribution in [0.15, 0.2) is 36.4 Å². The predicted molar refractivity (Wildman–Crippen MR) is 121 cm³/mol. The Bertz CT molecular complexity index is 995. The number of benzene rings is 2. The number of aliphatic hydroxyl groups is 2. The van der Waals surface area contributed by atoms with Crippen LogP contribution in [0, 0.1) is 0 Å². The number of methoxy groups -OCH3 is 4. The summed E-state index contributed by atoms with van der Waals surface area (Å²) < 4.78 is 38.5. The minimum atomic E-state index is -1.25. The first-order valence-electron chi connectivity index (χ1n) is 10.7. The molecule has 0 spiro atoms. The Morgan fingerprint density at radius 2 is 1.66 bits per heavy atom. The summed E-state index contributed by atoms with van der Waals surface area (Å²) in [5.74, 6) is -0.0646. The Balaban J connectivity index is 1.77. The van der Waals surface area contributed by atoms with E-state index in [0.717, 1.165) is 0 Å². The number of phenols is 1. The molecule has 1 aliphatic heterocycles. The second kappa shape index (κ2) is 12.0. The maximum Gasteiger partial charge on any atom is 0.338 e. The fraction of sp³-hybridized carbons (Fsp3) is 0.458. The van der Waals surface area contributed by atoms with E-state index in [1.807, 2.05) is 0 Å². The van der Waals surface area contributed by atoms with E-state index < -0.39 is 36.7 Å². The average Bonchev–Trinajstić information content (AvgIpc) is 2.88. The molecule has 5 unspecified atom stereocenters. The molecular formula is C24H30O11. The van der Waals surface area contributed by atoms with Crippen molar-refractivity contribution in [3.05, 3.63) is 47.5 Å². The molecule has 1 fully saturated rings. The van der Waals surface area contributed by atoms with Gasteiger partial charge in [-0.25, -0.2) is 4.79 Å². The van der Waals surface area contributed by atoms with Gasteiger partial charge < -0.3 is 48.5 Å². The molecule has 0 radical (unpaired) electrons. The SMILES string of the molecule is COc1cc(C(=O)OCC2OC(Oc3ccc(CO)cc3OC)C(O)C(OC)C2OC)ccc1O. The van der Waals surface area contributed by atoms with E-state index in [0.29, 0.717) is 11.3 Å². The summed E-state index contributed by atoms with van der Waals surface area (Å²) >= 11 is 0. The van der Waals surface area contributed by atoms with Crippen molar-refractivity contribution in [2.24, 2.45) is 0 Å². The van der Waals surface area contributed by atoms with Crippen LogP contribution in [0.5, 0.6) is 23.0 Å². The lowest BCUT2D eigenvalue weighted by Crippen LogP contribution is -2.61. The molecule has 0 bridgehead atoms. The van der Waals surface area contributed by atoms with E-state index in [-0.39, 0.29) is 36.0 Å². The molecule has 11 nitrogen and oxygen atoms in total. The zero-order valence-corrected chi connectivity index (χ0v) is 19.9. The third kappa shape index (κ3) is 5.95. The smallest absolute Gasteiger partial charge is 0.338 e. The molecule has 0 saturated carbocycles. The van der Waals surface area contributed by atoms with Gasteiger partial charge in [-0.1, -0.05) is 6.07 Å². The van der Waals surface area contributed by atoms with Crippen LogP contribution in [0.2, 0.25) is 0 Å². The third-order valence-corrected chi connectivity index (χ3v) is 5.61. The van der Waals surface area contributed by atoms with E-state index in [9.17, 15) is 20.1 Å². The van der Waals surface area contributed by atoms with Gasteiger partial charge in [0.05, 0.1) is 26.4 Å². The highest BCUT2D eigenvalue weighted by atomic mass is 16.7. The topological polar surface area (TPSA) is 142 Å². The Kier molecular flexibility index (Phi) is 9.13. The molecule has 1 heterocycles. The number of ether oxygens (including phenoxy) is 7. The predicted octanol–water partition coefficient (Wildman–Crippen LogP) is 1.25. The molecule has 35 heavy (non-hydrogen) atoms. The third-order valence-electron chi connectivity index (χ3n) is 5.61. The van der Waals surface area contributed by atoms with Gasteiger partial charge >= 0.3 is 5.97 Å². The summed E-state index contributed by atoms with van der Waals surface area (Å²) in [6.45, 7) is -0.422. The van der Waals surface area contributed by atoms with E-state index in [1.165, 1.54) is 46.6 Å². The number of carbonyl (C=O) groups excluding carboxylic acids is 1. The van der Waals surface area contributed by atoms with Gasteiger partial charge in [0.25, 0.3) is 0 Å². The van der Waals surface area contributed by atoms with Gasteiger partial charge in [-0.15, -0.1) is 0 Å². The lowest BCUT2D eigenvalue weighted by atomic mass is 9.98. The van der Waals surface area contributed by atoms with Crippen molar-refractivity contribution in [3.63, 3.8) is 0 Å². The van der Waals surface area contributed by atoms with Crippen molar-refractivity contribution in [3.8, 4) is 23.0 Å². The number of carbonyl (C=O) groups is 1. The van der Waals surface area contributed by atoms with Crippen LogP contribution < -0.4 is 14.2 Å². The van der Waals surface area contributed by atoms with Crippen LogP contribution in [0.4, 0.5) is 0 Å². The lowest BCUT2D eigenvalue weighted by Gasteiger charge is -2.42. The first kappa shape index (κ1) is 26.5. The van der Waals surface area contributed by atoms with Crippen LogP contribution in [0.25, 0.3) is 0 Å². The molecule has 3 N–H and O–H groups in total. The van der Waals surface area contributed by atoms with Crippen LogP contribution in [0.1, 0.15) is 15.9 Å². The second-order valence-corrected chi connectivity index (χ2v) is 7.68. The van der Waals surface area contributed by atoms with E-state index >= 15 is 0 Å². The monoisotopic (exact) mass is 494 g/mol. The number of esters is 1. The zero-order chi connectivity index (χ0) is 25.5. The molecule has 0 amide bonds. The van der Waals surface area contributed by atoms with Crippen LogP contribution in [-0.2, 0) is 25.6 Å². The van der Waals surface area contributed by atoms with Crippen LogP contribution >= 0.6 is 0 Å². The molecule has 0 aromatic heterocycles. The van der Waals surface area contributed by atoms with Gasteiger partial charge in [-0.2, -0.15) is 0 Å². The number of rotatable bonds is 10. The maximum absolute atomic E-state index is 12.6. The molecule has 1 aliphatic rings. The highest BCUT2D eigenvalue weighted by Crippen LogP contribution is 2.33. The number of phenolic OH excluding ortho intramolecular Hbond substituents is 1. The maximum atomic E-state index is 12.6. The Morgan fingerprint density at radius 3 is 2.29 bits per heavy atom. The molecule has 11 heteroatoms. The van der Waals surface area contributed by atoms with Crippen molar-refractivity contribution in [1.82, 2.24) is 0 Å². The fourth-order valence-electron chi connectivity index (χ4n) is 3.76. The first-order valence-corrected chi connectivity index (χ1v) is 10.7. The van der Waals surface area contributed by atoms with Gasteiger partial charge in [-0.05, 0) is 35.9 Å². The Labute approximate surface area is 202 Å². The summed E-state index contributed by atoms with van der Waals surface area (Å²) in [5.41, 5.74) is 0.776. The molecule has 2 aromatic carbocycles. The number of hydrogen-bond acceptors (Lipinski definition) is 11. The minimum Gasteiger partial charge on any atom is -0.504 e. The van der Waals surface area contributed by atoms with Crippen molar-refractivity contribution in [2.45, 2.75) is 37.3 Å². The van der Waals surface area contributed by atoms with E-state index in [1.54, 1.807) is 18.2 Å². The molecule has 1 saturated heterocycles. The highest BCUT2D eigenvalue weighted by Gasteiger charge is 2.48. The highest BCUT2D eigenvalue weighted by molar-refractivity contribution is 5.90. The summed E-state index contributed by atoms with van der Waals surface area (Å²) in [4.78, 5) is 12.6. The minimum absolute atomic E-state index is 0.113. The fourth-order valence-corrected chi connectivity index (χ4v) is 3.76. The van der Waals surface area contributed by atoms with E-state index in [2.05, 4.69) is 0 Å². The number of hydrogen-bond donors (Lipinski definition) is 3. The van der Waals surface area contributed by atoms with Gasteiger partial charge in [0.1, 0.15) is 31.0 Å². The van der Waals surface area contributed by atoms with Gasteiger partial charge in [0.15, 0.2) is 23.0 Å². The van der Waals surface area contributed by atoms with Gasteiger partial charge in [0, 0.05) is 14.2 Å². The van der Waals surface area contributed by atoms with Gasteiger partial charge in [0.2, 0.25) is 6.29 Å². The second-order valence-electron chi connectivity index (χ2n) is 7.68. The average molecular weight is 494 g/mol. The van der Waals surface area contributed by atoms with Crippen LogP contribution in [0.3, 0.4) is 0 Å². The number of aliphatic hydroxyl groups excluding tert-OH is 2. The van der Waals surface area contributed by atoms with Crippen molar-refractivity contribution < 1.29 is 53.3 Å². The molecule has 3 rings (SSSR count). The molecule has 5 atom stereocenters. The lowest BCUT2D eigenvalue weighted by molar-refractivity contribution is -0.286. The first-order chi connectivity index (χ1) is 16.9. The summed E-state index contributed by atoms with van der Waals surface area (Å²) in [6.07, 6.45) is -4.96. The largest absolute Gasteiger partial charge is 0.504 e. The molecule has 0 aliphatic carbocycles. The molecular weight excluding hydrogens is 464 g/mol. The summed E-state index contributed by atoms with van der Waals surface area (Å²) in [6, 6.07) is 8.89.